The molecule has 2 saturated heterocycles. The number of phenolic OH excluding ortho intramolecular Hbond substituents is 1. The zero-order valence-corrected chi connectivity index (χ0v) is 16.2. The Kier molecular flexibility index (Phi) is 5.86. The zero-order chi connectivity index (χ0) is 19.3. The van der Waals surface area contributed by atoms with Gasteiger partial charge in [-0.1, -0.05) is 6.42 Å². The number of carbonyl (C=O) groups excluding carboxylic acids is 1. The van der Waals surface area contributed by atoms with E-state index in [2.05, 4.69) is 21.4 Å². The molecular formula is C22H28N4O2. The predicted molar refractivity (Wildman–Crippen MR) is 108 cm³/mol. The molecule has 0 radical (unpaired) electrons. The van der Waals surface area contributed by atoms with Crippen molar-refractivity contribution in [2.75, 3.05) is 19.6 Å². The standard InChI is InChI=1S/C22H28N4O2/c27-19-12-16(6-7-18-5-1-2-8-24-18)11-17(13-19)20-14-23-15-21(25-20)22(28)26-9-3-4-10-26/h11-15,18,24,27H,1-10H2. The van der Waals surface area contributed by atoms with E-state index in [0.29, 0.717) is 17.4 Å². The summed E-state index contributed by atoms with van der Waals surface area (Å²) in [5, 5.41) is 13.8. The van der Waals surface area contributed by atoms with Crippen molar-refractivity contribution < 1.29 is 9.90 Å². The van der Waals surface area contributed by atoms with Gasteiger partial charge in [0.15, 0.2) is 0 Å². The molecule has 1 unspecified atom stereocenters. The fourth-order valence-electron chi connectivity index (χ4n) is 4.17. The second kappa shape index (κ2) is 8.69. The summed E-state index contributed by atoms with van der Waals surface area (Å²) in [6, 6.07) is 6.12. The molecular weight excluding hydrogens is 352 g/mol. The number of likely N-dealkylation sites (tertiary alicyclic amines) is 1. The molecule has 0 spiro atoms. The van der Waals surface area contributed by atoms with E-state index in [0.717, 1.165) is 56.4 Å². The number of aryl methyl sites for hydroxylation is 1. The van der Waals surface area contributed by atoms with Crippen LogP contribution >= 0.6 is 0 Å². The molecule has 28 heavy (non-hydrogen) atoms. The van der Waals surface area contributed by atoms with Crippen molar-refractivity contribution in [1.82, 2.24) is 20.2 Å². The van der Waals surface area contributed by atoms with Crippen LogP contribution in [0.3, 0.4) is 0 Å². The lowest BCUT2D eigenvalue weighted by molar-refractivity contribution is 0.0786. The van der Waals surface area contributed by atoms with E-state index in [1.54, 1.807) is 12.3 Å². The van der Waals surface area contributed by atoms with Crippen LogP contribution in [0, 0.1) is 0 Å². The monoisotopic (exact) mass is 380 g/mol. The van der Waals surface area contributed by atoms with Crippen molar-refractivity contribution in [3.63, 3.8) is 0 Å². The third-order valence-corrected chi connectivity index (χ3v) is 5.71. The lowest BCUT2D eigenvalue weighted by Crippen LogP contribution is -2.34. The molecule has 2 aliphatic heterocycles. The minimum Gasteiger partial charge on any atom is -0.508 e. The predicted octanol–water partition coefficient (Wildman–Crippen LogP) is 3.16. The first-order chi connectivity index (χ1) is 13.7. The van der Waals surface area contributed by atoms with Gasteiger partial charge in [-0.3, -0.25) is 9.78 Å². The van der Waals surface area contributed by atoms with Gasteiger partial charge in [0, 0.05) is 24.7 Å². The molecule has 1 aromatic heterocycles. The molecule has 3 heterocycles. The van der Waals surface area contributed by atoms with Crippen molar-refractivity contribution >= 4 is 5.91 Å². The summed E-state index contributed by atoms with van der Waals surface area (Å²) < 4.78 is 0. The molecule has 2 N–H and O–H groups in total. The van der Waals surface area contributed by atoms with Gasteiger partial charge in [0.2, 0.25) is 0 Å². The zero-order valence-electron chi connectivity index (χ0n) is 16.2. The van der Waals surface area contributed by atoms with Gasteiger partial charge in [-0.2, -0.15) is 0 Å². The molecule has 0 bridgehead atoms. The van der Waals surface area contributed by atoms with E-state index >= 15 is 0 Å². The SMILES string of the molecule is O=C(c1cncc(-c2cc(O)cc(CCC3CCCCN3)c2)n1)N1CCCC1. The minimum absolute atomic E-state index is 0.0596. The van der Waals surface area contributed by atoms with Crippen molar-refractivity contribution in [3.8, 4) is 17.0 Å². The van der Waals surface area contributed by atoms with Crippen LogP contribution in [0.1, 0.15) is 54.6 Å². The first kappa shape index (κ1) is 18.9. The molecule has 6 heteroatoms. The summed E-state index contributed by atoms with van der Waals surface area (Å²) in [5.41, 5.74) is 2.88. The molecule has 2 fully saturated rings. The molecule has 2 aromatic rings. The molecule has 2 aliphatic rings. The Morgan fingerprint density at radius 2 is 2.00 bits per heavy atom. The van der Waals surface area contributed by atoms with Crippen LogP contribution in [0.2, 0.25) is 0 Å². The largest absolute Gasteiger partial charge is 0.508 e. The smallest absolute Gasteiger partial charge is 0.274 e. The maximum absolute atomic E-state index is 12.6. The number of aromatic nitrogens is 2. The average Bonchev–Trinajstić information content (AvgIpc) is 3.27. The Hall–Kier alpha value is -2.47. The molecule has 148 valence electrons. The molecule has 1 amide bonds. The quantitative estimate of drug-likeness (QED) is 0.833. The van der Waals surface area contributed by atoms with Crippen molar-refractivity contribution in [2.45, 2.75) is 51.0 Å². The molecule has 0 saturated carbocycles. The lowest BCUT2D eigenvalue weighted by Gasteiger charge is -2.23. The van der Waals surface area contributed by atoms with Gasteiger partial charge >= 0.3 is 0 Å². The number of amides is 1. The molecule has 6 nitrogen and oxygen atoms in total. The van der Waals surface area contributed by atoms with Crippen LogP contribution in [0.15, 0.2) is 30.6 Å². The Morgan fingerprint density at radius 3 is 2.79 bits per heavy atom. The lowest BCUT2D eigenvalue weighted by atomic mass is 9.96. The van der Waals surface area contributed by atoms with Crippen LogP contribution in [0.25, 0.3) is 11.3 Å². The Balaban J connectivity index is 1.51. The number of nitrogens with zero attached hydrogens (tertiary/aromatic N) is 3. The number of nitrogens with one attached hydrogen (secondary N) is 1. The second-order valence-corrected chi connectivity index (χ2v) is 7.86. The van der Waals surface area contributed by atoms with Gasteiger partial charge in [0.05, 0.1) is 18.1 Å². The van der Waals surface area contributed by atoms with Crippen LogP contribution < -0.4 is 5.32 Å². The van der Waals surface area contributed by atoms with Crippen molar-refractivity contribution in [1.29, 1.82) is 0 Å². The van der Waals surface area contributed by atoms with E-state index in [1.807, 2.05) is 11.0 Å². The van der Waals surface area contributed by atoms with E-state index in [1.165, 1.54) is 25.5 Å². The highest BCUT2D eigenvalue weighted by atomic mass is 16.3. The third-order valence-electron chi connectivity index (χ3n) is 5.71. The van der Waals surface area contributed by atoms with Crippen LogP contribution in [-0.2, 0) is 6.42 Å². The average molecular weight is 380 g/mol. The Bertz CT molecular complexity index is 827. The Labute approximate surface area is 166 Å². The highest BCUT2D eigenvalue weighted by Crippen LogP contribution is 2.26. The van der Waals surface area contributed by atoms with Crippen molar-refractivity contribution in [2.24, 2.45) is 0 Å². The van der Waals surface area contributed by atoms with Gasteiger partial charge in [-0.15, -0.1) is 0 Å². The Morgan fingerprint density at radius 1 is 1.14 bits per heavy atom. The highest BCUT2D eigenvalue weighted by molar-refractivity contribution is 5.92. The second-order valence-electron chi connectivity index (χ2n) is 7.86. The summed E-state index contributed by atoms with van der Waals surface area (Å²) in [7, 11) is 0. The molecule has 1 aromatic carbocycles. The van der Waals surface area contributed by atoms with E-state index in [9.17, 15) is 9.90 Å². The number of piperidine rings is 1. The maximum atomic E-state index is 12.6. The number of carbonyl (C=O) groups is 1. The fraction of sp³-hybridized carbons (Fsp3) is 0.500. The van der Waals surface area contributed by atoms with E-state index in [-0.39, 0.29) is 11.7 Å². The van der Waals surface area contributed by atoms with Gasteiger partial charge in [-0.25, -0.2) is 4.98 Å². The minimum atomic E-state index is -0.0596. The number of phenols is 1. The summed E-state index contributed by atoms with van der Waals surface area (Å²) >= 11 is 0. The number of benzene rings is 1. The van der Waals surface area contributed by atoms with Gasteiger partial charge in [0.1, 0.15) is 11.4 Å². The molecule has 4 rings (SSSR count). The first-order valence-electron chi connectivity index (χ1n) is 10.4. The molecule has 1 atom stereocenters. The summed E-state index contributed by atoms with van der Waals surface area (Å²) in [5.74, 6) is 0.165. The number of aromatic hydroxyl groups is 1. The van der Waals surface area contributed by atoms with Crippen LogP contribution in [-0.4, -0.2) is 51.6 Å². The molecule has 0 aliphatic carbocycles. The van der Waals surface area contributed by atoms with Gasteiger partial charge < -0.3 is 15.3 Å². The highest BCUT2D eigenvalue weighted by Gasteiger charge is 2.21. The number of hydrogen-bond acceptors (Lipinski definition) is 5. The summed E-state index contributed by atoms with van der Waals surface area (Å²) in [6.07, 6.45) is 11.0. The van der Waals surface area contributed by atoms with Crippen molar-refractivity contribution in [3.05, 3.63) is 41.9 Å². The van der Waals surface area contributed by atoms with Crippen LogP contribution in [0.5, 0.6) is 5.75 Å². The number of hydrogen-bond donors (Lipinski definition) is 2. The van der Waals surface area contributed by atoms with E-state index < -0.39 is 0 Å². The third kappa shape index (κ3) is 4.50. The normalized spacial score (nSPS) is 19.7. The summed E-state index contributed by atoms with van der Waals surface area (Å²) in [4.78, 5) is 23.2. The van der Waals surface area contributed by atoms with E-state index in [4.69, 9.17) is 0 Å². The van der Waals surface area contributed by atoms with Gasteiger partial charge in [-0.05, 0) is 68.8 Å². The van der Waals surface area contributed by atoms with Crippen LogP contribution in [0.4, 0.5) is 0 Å². The number of rotatable bonds is 5. The summed E-state index contributed by atoms with van der Waals surface area (Å²) in [6.45, 7) is 2.68. The topological polar surface area (TPSA) is 78.3 Å². The maximum Gasteiger partial charge on any atom is 0.274 e. The van der Waals surface area contributed by atoms with Gasteiger partial charge in [0.25, 0.3) is 5.91 Å². The fourth-order valence-corrected chi connectivity index (χ4v) is 4.17. The first-order valence-corrected chi connectivity index (χ1v) is 10.4.